The molecule has 0 aromatic heterocycles. The third kappa shape index (κ3) is 59.9. The zero-order valence-electron chi connectivity index (χ0n) is 48.7. The summed E-state index contributed by atoms with van der Waals surface area (Å²) in [5.74, 6) is -0.958. The fourth-order valence-electron chi connectivity index (χ4n) is 9.25. The van der Waals surface area contributed by atoms with Gasteiger partial charge in [-0.05, 0) is 57.8 Å². The molecule has 0 aliphatic carbocycles. The maximum absolute atomic E-state index is 12.9. The topological polar surface area (TPSA) is 78.9 Å². The average Bonchev–Trinajstić information content (AvgIpc) is 3.39. The molecule has 0 fully saturated rings. The number of hydrogen-bond donors (Lipinski definition) is 0. The summed E-state index contributed by atoms with van der Waals surface area (Å²) in [5.41, 5.74) is 0. The predicted octanol–water partition coefficient (Wildman–Crippen LogP) is 21.6. The van der Waals surface area contributed by atoms with Gasteiger partial charge in [0, 0.05) is 19.3 Å². The summed E-state index contributed by atoms with van der Waals surface area (Å²) < 4.78 is 16.9. The first-order valence-corrected chi connectivity index (χ1v) is 31.8. The van der Waals surface area contributed by atoms with E-state index in [1.165, 1.54) is 218 Å². The van der Waals surface area contributed by atoms with Crippen molar-refractivity contribution in [1.29, 1.82) is 0 Å². The third-order valence-corrected chi connectivity index (χ3v) is 14.0. The van der Waals surface area contributed by atoms with E-state index in [0.29, 0.717) is 19.3 Å². The lowest BCUT2D eigenvalue weighted by atomic mass is 10.0. The molecular formula is C67H120O6. The minimum Gasteiger partial charge on any atom is -0.462 e. The van der Waals surface area contributed by atoms with E-state index in [0.717, 1.165) is 64.2 Å². The van der Waals surface area contributed by atoms with E-state index < -0.39 is 6.10 Å². The van der Waals surface area contributed by atoms with Crippen molar-refractivity contribution in [3.05, 3.63) is 60.8 Å². The maximum atomic E-state index is 12.9. The predicted molar refractivity (Wildman–Crippen MR) is 316 cm³/mol. The number of esters is 3. The molecule has 0 amide bonds. The molecule has 0 aromatic rings. The molecule has 0 heterocycles. The van der Waals surface area contributed by atoms with Crippen molar-refractivity contribution < 1.29 is 28.6 Å². The third-order valence-electron chi connectivity index (χ3n) is 14.0. The normalized spacial score (nSPS) is 12.4. The van der Waals surface area contributed by atoms with Gasteiger partial charge in [0.15, 0.2) is 6.10 Å². The molecule has 0 N–H and O–H groups in total. The van der Waals surface area contributed by atoms with Crippen molar-refractivity contribution >= 4 is 17.9 Å². The Morgan fingerprint density at radius 2 is 0.521 bits per heavy atom. The Hall–Kier alpha value is -2.89. The molecule has 0 aliphatic heterocycles. The van der Waals surface area contributed by atoms with Gasteiger partial charge in [0.2, 0.25) is 0 Å². The van der Waals surface area contributed by atoms with E-state index in [-0.39, 0.29) is 37.5 Å². The van der Waals surface area contributed by atoms with Crippen LogP contribution in [0.4, 0.5) is 0 Å². The molecule has 73 heavy (non-hydrogen) atoms. The van der Waals surface area contributed by atoms with Gasteiger partial charge in [0.25, 0.3) is 0 Å². The van der Waals surface area contributed by atoms with Crippen molar-refractivity contribution in [2.45, 2.75) is 335 Å². The van der Waals surface area contributed by atoms with Gasteiger partial charge in [-0.25, -0.2) is 0 Å². The van der Waals surface area contributed by atoms with E-state index in [4.69, 9.17) is 14.2 Å². The lowest BCUT2D eigenvalue weighted by Crippen LogP contribution is -2.30. The van der Waals surface area contributed by atoms with Crippen LogP contribution in [0.5, 0.6) is 0 Å². The van der Waals surface area contributed by atoms with Crippen LogP contribution < -0.4 is 0 Å². The van der Waals surface area contributed by atoms with Gasteiger partial charge >= 0.3 is 17.9 Å². The first kappa shape index (κ1) is 70.1. The van der Waals surface area contributed by atoms with Crippen LogP contribution in [0.1, 0.15) is 329 Å². The first-order valence-electron chi connectivity index (χ1n) is 31.8. The molecule has 0 aromatic carbocycles. The minimum absolute atomic E-state index is 0.0923. The summed E-state index contributed by atoms with van der Waals surface area (Å²) in [7, 11) is 0. The van der Waals surface area contributed by atoms with Crippen LogP contribution >= 0.6 is 0 Å². The first-order chi connectivity index (χ1) is 36.0. The number of unbranched alkanes of at least 4 members (excludes halogenated alkanes) is 37. The summed E-state index contributed by atoms with van der Waals surface area (Å²) in [4.78, 5) is 38.3. The Morgan fingerprint density at radius 1 is 0.274 bits per heavy atom. The SMILES string of the molecule is CCCCC/C=C\C/C=C\C/C=C\C/C=C\C/C=C\CCC(=O)OC[C@H](COC(=O)CCCCCCCCCCCCCCCCCCC)OC(=O)CCCCCCCCCCCCCCCCCCCCC. The fourth-order valence-corrected chi connectivity index (χ4v) is 9.25. The molecule has 424 valence electrons. The van der Waals surface area contributed by atoms with E-state index in [9.17, 15) is 14.4 Å². The smallest absolute Gasteiger partial charge is 0.306 e. The number of carbonyl (C=O) groups is 3. The molecule has 0 saturated heterocycles. The molecule has 0 bridgehead atoms. The maximum Gasteiger partial charge on any atom is 0.306 e. The van der Waals surface area contributed by atoms with Crippen molar-refractivity contribution in [2.75, 3.05) is 13.2 Å². The molecule has 0 unspecified atom stereocenters. The van der Waals surface area contributed by atoms with Crippen LogP contribution in [-0.4, -0.2) is 37.2 Å². The van der Waals surface area contributed by atoms with E-state index in [1.807, 2.05) is 6.08 Å². The van der Waals surface area contributed by atoms with Crippen LogP contribution in [0.3, 0.4) is 0 Å². The van der Waals surface area contributed by atoms with Gasteiger partial charge < -0.3 is 14.2 Å². The highest BCUT2D eigenvalue weighted by atomic mass is 16.6. The van der Waals surface area contributed by atoms with Crippen molar-refractivity contribution in [2.24, 2.45) is 0 Å². The van der Waals surface area contributed by atoms with Crippen LogP contribution in [0, 0.1) is 0 Å². The molecule has 0 aliphatic rings. The monoisotopic (exact) mass is 1020 g/mol. The second-order valence-corrected chi connectivity index (χ2v) is 21.3. The van der Waals surface area contributed by atoms with Crippen LogP contribution in [0.15, 0.2) is 60.8 Å². The van der Waals surface area contributed by atoms with E-state index >= 15 is 0 Å². The highest BCUT2D eigenvalue weighted by Crippen LogP contribution is 2.17. The largest absolute Gasteiger partial charge is 0.462 e. The van der Waals surface area contributed by atoms with Crippen LogP contribution in [0.2, 0.25) is 0 Å². The van der Waals surface area contributed by atoms with Crippen LogP contribution in [0.25, 0.3) is 0 Å². The van der Waals surface area contributed by atoms with Gasteiger partial charge in [-0.15, -0.1) is 0 Å². The van der Waals surface area contributed by atoms with Gasteiger partial charge in [0.1, 0.15) is 13.2 Å². The molecule has 0 saturated carbocycles. The quantitative estimate of drug-likeness (QED) is 0.0261. The van der Waals surface area contributed by atoms with Crippen LogP contribution in [-0.2, 0) is 28.6 Å². The Balaban J connectivity index is 4.43. The minimum atomic E-state index is -0.802. The number of allylic oxidation sites excluding steroid dienone is 10. The molecule has 0 radical (unpaired) electrons. The van der Waals surface area contributed by atoms with Gasteiger partial charge in [-0.1, -0.05) is 313 Å². The zero-order chi connectivity index (χ0) is 52.9. The second kappa shape index (κ2) is 61.7. The number of carbonyl (C=O) groups excluding carboxylic acids is 3. The van der Waals surface area contributed by atoms with Crippen molar-refractivity contribution in [3.63, 3.8) is 0 Å². The van der Waals surface area contributed by atoms with Gasteiger partial charge in [0.05, 0.1) is 0 Å². The number of ether oxygens (including phenoxy) is 3. The van der Waals surface area contributed by atoms with Crippen molar-refractivity contribution in [1.82, 2.24) is 0 Å². The number of rotatable bonds is 58. The summed E-state index contributed by atoms with van der Waals surface area (Å²) in [5, 5.41) is 0. The molecule has 0 spiro atoms. The summed E-state index contributed by atoms with van der Waals surface area (Å²) in [6.07, 6.45) is 78.0. The Labute approximate surface area is 453 Å². The standard InChI is InChI=1S/C67H120O6/c1-4-7-10-13-16-19-22-25-28-31-33-36-39-42-45-48-51-54-57-60-66(69)72-63-64(62-71-65(68)59-56-53-50-47-44-41-38-35-30-27-24-21-18-15-12-9-6-3)73-67(70)61-58-55-52-49-46-43-40-37-34-32-29-26-23-20-17-14-11-8-5-2/h16,19,25,28,33,36,42,45,51,54,64H,4-15,17-18,20-24,26-27,29-32,34-35,37-41,43-44,46-50,52-53,55-63H2,1-3H3/b19-16-,28-25-,36-33-,45-42-,54-51-/t64-/m0/s1. The zero-order valence-corrected chi connectivity index (χ0v) is 48.7. The summed E-state index contributed by atoms with van der Waals surface area (Å²) >= 11 is 0. The molecule has 6 heteroatoms. The molecule has 0 rings (SSSR count). The molecule has 1 atom stereocenters. The second-order valence-electron chi connectivity index (χ2n) is 21.3. The summed E-state index contributed by atoms with van der Waals surface area (Å²) in [6, 6.07) is 0. The Bertz CT molecular complexity index is 1310. The van der Waals surface area contributed by atoms with Gasteiger partial charge in [-0.3, -0.25) is 14.4 Å². The van der Waals surface area contributed by atoms with Crippen molar-refractivity contribution in [3.8, 4) is 0 Å². The lowest BCUT2D eigenvalue weighted by Gasteiger charge is -2.18. The number of hydrogen-bond acceptors (Lipinski definition) is 6. The Kier molecular flexibility index (Phi) is 59.2. The molecule has 6 nitrogen and oxygen atoms in total. The van der Waals surface area contributed by atoms with Gasteiger partial charge in [-0.2, -0.15) is 0 Å². The highest BCUT2D eigenvalue weighted by molar-refractivity contribution is 5.71. The molecular weight excluding hydrogens is 901 g/mol. The Morgan fingerprint density at radius 3 is 0.849 bits per heavy atom. The van der Waals surface area contributed by atoms with E-state index in [1.54, 1.807) is 0 Å². The average molecular weight is 1020 g/mol. The fraction of sp³-hybridized carbons (Fsp3) is 0.806. The van der Waals surface area contributed by atoms with E-state index in [2.05, 4.69) is 75.5 Å². The summed E-state index contributed by atoms with van der Waals surface area (Å²) in [6.45, 7) is 6.60. The lowest BCUT2D eigenvalue weighted by molar-refractivity contribution is -0.166. The highest BCUT2D eigenvalue weighted by Gasteiger charge is 2.19.